The number of benzene rings is 1. The summed E-state index contributed by atoms with van der Waals surface area (Å²) in [6, 6.07) is 8.73. The van der Waals surface area contributed by atoms with E-state index >= 15 is 0 Å². The summed E-state index contributed by atoms with van der Waals surface area (Å²) in [6.07, 6.45) is 7.99. The highest BCUT2D eigenvalue weighted by Gasteiger charge is 2.54. The number of carbonyl (C=O) groups is 1. The lowest BCUT2D eigenvalue weighted by Gasteiger charge is -2.49. The van der Waals surface area contributed by atoms with Crippen molar-refractivity contribution in [3.63, 3.8) is 0 Å². The van der Waals surface area contributed by atoms with Gasteiger partial charge in [0, 0.05) is 0 Å². The SMILES string of the molecule is Cc1ccc(C23CCCC(CC(CCCOC(=O)C(F)(F)S(=O)(=O)O)C2)C3)cc1. The number of esters is 1. The number of halogens is 2. The van der Waals surface area contributed by atoms with Crippen LogP contribution in [0.4, 0.5) is 8.78 Å². The Morgan fingerprint density at radius 3 is 2.62 bits per heavy atom. The molecule has 3 rings (SSSR count). The fourth-order valence-electron chi connectivity index (χ4n) is 5.21. The molecule has 1 aromatic carbocycles. The normalized spacial score (nSPS) is 27.4. The molecule has 0 amide bonds. The molecule has 2 aliphatic rings. The molecule has 0 aromatic heterocycles. The summed E-state index contributed by atoms with van der Waals surface area (Å²) in [7, 11) is -5.82. The van der Waals surface area contributed by atoms with E-state index in [-0.39, 0.29) is 12.0 Å². The van der Waals surface area contributed by atoms with Crippen LogP contribution in [0.1, 0.15) is 62.5 Å². The number of hydrogen-bond donors (Lipinski definition) is 1. The van der Waals surface area contributed by atoms with Crippen molar-refractivity contribution < 1.29 is 31.3 Å². The van der Waals surface area contributed by atoms with Crippen LogP contribution in [0.2, 0.25) is 0 Å². The van der Waals surface area contributed by atoms with Gasteiger partial charge in [-0.15, -0.1) is 0 Å². The van der Waals surface area contributed by atoms with E-state index in [2.05, 4.69) is 35.9 Å². The molecule has 8 heteroatoms. The van der Waals surface area contributed by atoms with Crippen molar-refractivity contribution in [2.75, 3.05) is 6.61 Å². The van der Waals surface area contributed by atoms with Crippen molar-refractivity contribution in [3.8, 4) is 0 Å². The molecule has 0 aliphatic heterocycles. The van der Waals surface area contributed by atoms with Crippen LogP contribution in [0.15, 0.2) is 24.3 Å². The van der Waals surface area contributed by atoms with Gasteiger partial charge in [-0.2, -0.15) is 17.2 Å². The van der Waals surface area contributed by atoms with E-state index in [0.29, 0.717) is 18.3 Å². The standard InChI is InChI=1S/C21H28F2O5S/c1-15-6-8-18(9-7-15)20-10-2-4-16(13-20)12-17(14-20)5-3-11-28-19(24)21(22,23)29(25,26)27/h6-9,16-17H,2-5,10-14H2,1H3,(H,25,26,27). The predicted octanol–water partition coefficient (Wildman–Crippen LogP) is 4.64. The van der Waals surface area contributed by atoms with Crippen molar-refractivity contribution in [2.45, 2.75) is 69.0 Å². The summed E-state index contributed by atoms with van der Waals surface area (Å²) in [5, 5.41) is -4.93. The van der Waals surface area contributed by atoms with Gasteiger partial charge in [-0.05, 0) is 68.3 Å². The highest BCUT2D eigenvalue weighted by molar-refractivity contribution is 7.87. The lowest BCUT2D eigenvalue weighted by Crippen LogP contribution is -2.40. The van der Waals surface area contributed by atoms with Gasteiger partial charge in [-0.3, -0.25) is 4.55 Å². The molecule has 29 heavy (non-hydrogen) atoms. The van der Waals surface area contributed by atoms with Crippen molar-refractivity contribution >= 4 is 16.1 Å². The Bertz CT molecular complexity index is 837. The molecule has 2 saturated carbocycles. The molecule has 3 atom stereocenters. The van der Waals surface area contributed by atoms with Gasteiger partial charge in [0.25, 0.3) is 0 Å². The maximum Gasteiger partial charge on any atom is 0.465 e. The third-order valence-corrected chi connectivity index (χ3v) is 7.32. The fourth-order valence-corrected chi connectivity index (χ4v) is 5.48. The first-order valence-corrected chi connectivity index (χ1v) is 11.6. The number of alkyl halides is 2. The molecule has 1 N–H and O–H groups in total. The van der Waals surface area contributed by atoms with E-state index < -0.39 is 21.3 Å². The minimum Gasteiger partial charge on any atom is -0.460 e. The number of ether oxygens (including phenoxy) is 1. The Hall–Kier alpha value is -1.54. The zero-order valence-corrected chi connectivity index (χ0v) is 17.4. The van der Waals surface area contributed by atoms with Gasteiger partial charge in [0.05, 0.1) is 6.61 Å². The van der Waals surface area contributed by atoms with E-state index in [9.17, 15) is 22.0 Å². The first kappa shape index (κ1) is 22.2. The van der Waals surface area contributed by atoms with Crippen LogP contribution >= 0.6 is 0 Å². The van der Waals surface area contributed by atoms with Crippen LogP contribution < -0.4 is 0 Å². The second-order valence-corrected chi connectivity index (χ2v) is 10.1. The Morgan fingerprint density at radius 1 is 1.28 bits per heavy atom. The largest absolute Gasteiger partial charge is 0.465 e. The van der Waals surface area contributed by atoms with Crippen molar-refractivity contribution in [1.82, 2.24) is 0 Å². The van der Waals surface area contributed by atoms with Crippen molar-refractivity contribution in [1.29, 1.82) is 0 Å². The van der Waals surface area contributed by atoms with Gasteiger partial charge >= 0.3 is 21.3 Å². The average molecular weight is 431 g/mol. The number of fused-ring (bicyclic) bond motifs is 2. The number of rotatable bonds is 7. The number of aryl methyl sites for hydroxylation is 1. The van der Waals surface area contributed by atoms with Crippen LogP contribution in [0.25, 0.3) is 0 Å². The lowest BCUT2D eigenvalue weighted by atomic mass is 9.56. The summed E-state index contributed by atoms with van der Waals surface area (Å²) in [5.41, 5.74) is 2.76. The highest BCUT2D eigenvalue weighted by Crippen LogP contribution is 2.53. The Labute approximate surface area is 170 Å². The molecule has 3 unspecified atom stereocenters. The molecule has 0 spiro atoms. The lowest BCUT2D eigenvalue weighted by molar-refractivity contribution is -0.161. The van der Waals surface area contributed by atoms with Crippen LogP contribution in [0.3, 0.4) is 0 Å². The molecule has 2 fully saturated rings. The smallest absolute Gasteiger partial charge is 0.460 e. The topological polar surface area (TPSA) is 80.7 Å². The van der Waals surface area contributed by atoms with Gasteiger partial charge in [-0.1, -0.05) is 42.7 Å². The summed E-state index contributed by atoms with van der Waals surface area (Å²) >= 11 is 0. The number of carbonyl (C=O) groups excluding carboxylic acids is 1. The monoisotopic (exact) mass is 430 g/mol. The van der Waals surface area contributed by atoms with E-state index in [0.717, 1.165) is 25.7 Å². The van der Waals surface area contributed by atoms with Crippen LogP contribution in [-0.4, -0.2) is 30.8 Å². The van der Waals surface area contributed by atoms with E-state index in [1.165, 1.54) is 30.4 Å². The van der Waals surface area contributed by atoms with Crippen LogP contribution in [0, 0.1) is 18.8 Å². The predicted molar refractivity (Wildman–Crippen MR) is 104 cm³/mol. The van der Waals surface area contributed by atoms with Gasteiger partial charge in [0.1, 0.15) is 0 Å². The third-order valence-electron chi connectivity index (χ3n) is 6.51. The molecule has 0 heterocycles. The van der Waals surface area contributed by atoms with Crippen molar-refractivity contribution in [2.24, 2.45) is 11.8 Å². The maximum absolute atomic E-state index is 13.2. The van der Waals surface area contributed by atoms with Crippen LogP contribution in [-0.2, 0) is 25.1 Å². The molecule has 2 bridgehead atoms. The zero-order valence-electron chi connectivity index (χ0n) is 16.6. The number of hydrogen-bond acceptors (Lipinski definition) is 4. The van der Waals surface area contributed by atoms with Gasteiger partial charge in [-0.25, -0.2) is 4.79 Å². The minimum absolute atomic E-state index is 0.161. The van der Waals surface area contributed by atoms with Gasteiger partial charge < -0.3 is 4.74 Å². The minimum atomic E-state index is -5.82. The molecular formula is C21H28F2O5S. The average Bonchev–Trinajstić information content (AvgIpc) is 2.64. The van der Waals surface area contributed by atoms with Gasteiger partial charge in [0.2, 0.25) is 0 Å². The Kier molecular flexibility index (Phi) is 6.34. The van der Waals surface area contributed by atoms with Gasteiger partial charge in [0.15, 0.2) is 0 Å². The molecule has 1 aromatic rings. The second-order valence-electron chi connectivity index (χ2n) is 8.68. The van der Waals surface area contributed by atoms with Crippen LogP contribution in [0.5, 0.6) is 0 Å². The molecule has 2 aliphatic carbocycles. The van der Waals surface area contributed by atoms with E-state index in [1.807, 2.05) is 0 Å². The fraction of sp³-hybridized carbons (Fsp3) is 0.667. The summed E-state index contributed by atoms with van der Waals surface area (Å²) in [5.74, 6) is -1.16. The molecule has 0 saturated heterocycles. The first-order valence-electron chi connectivity index (χ1n) is 10.1. The van der Waals surface area contributed by atoms with E-state index in [1.54, 1.807) is 0 Å². The third kappa shape index (κ3) is 4.79. The molecule has 162 valence electrons. The summed E-state index contributed by atoms with van der Waals surface area (Å²) in [6.45, 7) is 1.78. The molecule has 0 radical (unpaired) electrons. The first-order chi connectivity index (χ1) is 13.5. The summed E-state index contributed by atoms with van der Waals surface area (Å²) in [4.78, 5) is 11.3. The highest BCUT2D eigenvalue weighted by atomic mass is 32.2. The molecular weight excluding hydrogens is 402 g/mol. The van der Waals surface area contributed by atoms with Crippen molar-refractivity contribution in [3.05, 3.63) is 35.4 Å². The summed E-state index contributed by atoms with van der Waals surface area (Å²) < 4.78 is 60.5. The maximum atomic E-state index is 13.2. The molecule has 5 nitrogen and oxygen atoms in total. The Morgan fingerprint density at radius 2 is 1.97 bits per heavy atom. The quantitative estimate of drug-likeness (QED) is 0.387. The van der Waals surface area contributed by atoms with E-state index in [4.69, 9.17) is 4.55 Å². The Balaban J connectivity index is 1.57. The second kappa shape index (κ2) is 8.30. The zero-order chi connectivity index (χ0) is 21.3.